The first kappa shape index (κ1) is 15.3. The van der Waals surface area contributed by atoms with Gasteiger partial charge in [0.15, 0.2) is 0 Å². The second-order valence-electron chi connectivity index (χ2n) is 5.52. The average Bonchev–Trinajstić information content (AvgIpc) is 3.01. The highest BCUT2D eigenvalue weighted by Gasteiger charge is 2.18. The Labute approximate surface area is 122 Å². The van der Waals surface area contributed by atoms with Gasteiger partial charge in [-0.2, -0.15) is 0 Å². The highest BCUT2D eigenvalue weighted by Crippen LogP contribution is 2.24. The zero-order valence-corrected chi connectivity index (χ0v) is 12.7. The molecule has 20 heavy (non-hydrogen) atoms. The van der Waals surface area contributed by atoms with Gasteiger partial charge in [0.25, 0.3) is 0 Å². The molecule has 0 spiro atoms. The molecule has 112 valence electrons. The lowest BCUT2D eigenvalue weighted by molar-refractivity contribution is 0.0426. The van der Waals surface area contributed by atoms with Crippen LogP contribution in [-0.2, 0) is 4.74 Å². The molecule has 3 nitrogen and oxygen atoms in total. The van der Waals surface area contributed by atoms with Crippen LogP contribution in [0.25, 0.3) is 0 Å². The minimum atomic E-state index is 0.279. The third kappa shape index (κ3) is 4.50. The number of hydrogen-bond donors (Lipinski definition) is 1. The molecule has 0 aliphatic heterocycles. The van der Waals surface area contributed by atoms with Gasteiger partial charge in [0.2, 0.25) is 0 Å². The van der Waals surface area contributed by atoms with Crippen molar-refractivity contribution in [2.24, 2.45) is 0 Å². The van der Waals surface area contributed by atoms with Crippen molar-refractivity contribution in [1.82, 2.24) is 5.32 Å². The summed E-state index contributed by atoms with van der Waals surface area (Å²) in [6, 6.07) is 8.58. The Morgan fingerprint density at radius 3 is 2.50 bits per heavy atom. The molecule has 0 radical (unpaired) electrons. The molecule has 0 saturated heterocycles. The van der Waals surface area contributed by atoms with Crippen LogP contribution in [0.2, 0.25) is 0 Å². The summed E-state index contributed by atoms with van der Waals surface area (Å²) in [7, 11) is 1.70. The Kier molecular flexibility index (Phi) is 6.34. The molecule has 0 bridgehead atoms. The molecule has 1 aliphatic carbocycles. The monoisotopic (exact) mass is 277 g/mol. The summed E-state index contributed by atoms with van der Waals surface area (Å²) in [5.41, 5.74) is 1.28. The van der Waals surface area contributed by atoms with Crippen molar-refractivity contribution in [2.75, 3.05) is 20.3 Å². The highest BCUT2D eigenvalue weighted by molar-refractivity contribution is 5.29. The SMILES string of the molecule is CCCNC(COC1CCCC1)c1ccc(OC)cc1. The number of hydrogen-bond acceptors (Lipinski definition) is 3. The van der Waals surface area contributed by atoms with Gasteiger partial charge >= 0.3 is 0 Å². The number of nitrogens with one attached hydrogen (secondary N) is 1. The molecule has 1 atom stereocenters. The molecule has 2 rings (SSSR count). The zero-order chi connectivity index (χ0) is 14.2. The van der Waals surface area contributed by atoms with E-state index in [1.54, 1.807) is 7.11 Å². The Hall–Kier alpha value is -1.06. The number of ether oxygens (including phenoxy) is 2. The number of rotatable bonds is 8. The quantitative estimate of drug-likeness (QED) is 0.786. The standard InChI is InChI=1S/C17H27NO2/c1-3-12-18-17(13-20-16-6-4-5-7-16)14-8-10-15(19-2)11-9-14/h8-11,16-18H,3-7,12-13H2,1-2H3. The van der Waals surface area contributed by atoms with Crippen LogP contribution in [0.5, 0.6) is 5.75 Å². The summed E-state index contributed by atoms with van der Waals surface area (Å²) < 4.78 is 11.3. The van der Waals surface area contributed by atoms with E-state index in [4.69, 9.17) is 9.47 Å². The first-order chi connectivity index (χ1) is 9.83. The fraction of sp³-hybridized carbons (Fsp3) is 0.647. The Morgan fingerprint density at radius 1 is 1.20 bits per heavy atom. The van der Waals surface area contributed by atoms with Crippen molar-refractivity contribution in [2.45, 2.75) is 51.2 Å². The molecular weight excluding hydrogens is 250 g/mol. The molecule has 1 aromatic carbocycles. The molecule has 3 heteroatoms. The summed E-state index contributed by atoms with van der Waals surface area (Å²) in [5.74, 6) is 0.903. The van der Waals surface area contributed by atoms with Gasteiger partial charge < -0.3 is 14.8 Å². The summed E-state index contributed by atoms with van der Waals surface area (Å²) >= 11 is 0. The first-order valence-electron chi connectivity index (χ1n) is 7.82. The minimum absolute atomic E-state index is 0.279. The molecule has 1 aromatic rings. The maximum absolute atomic E-state index is 6.08. The number of benzene rings is 1. The molecule has 1 N–H and O–H groups in total. The zero-order valence-electron chi connectivity index (χ0n) is 12.7. The molecular formula is C17H27NO2. The fourth-order valence-corrected chi connectivity index (χ4v) is 2.72. The maximum Gasteiger partial charge on any atom is 0.118 e. The predicted molar refractivity (Wildman–Crippen MR) is 82.2 cm³/mol. The van der Waals surface area contributed by atoms with E-state index in [1.165, 1.54) is 31.2 Å². The maximum atomic E-state index is 6.08. The van der Waals surface area contributed by atoms with Gasteiger partial charge in [-0.15, -0.1) is 0 Å². The van der Waals surface area contributed by atoms with Crippen molar-refractivity contribution in [1.29, 1.82) is 0 Å². The lowest BCUT2D eigenvalue weighted by atomic mass is 10.1. The van der Waals surface area contributed by atoms with Gasteiger partial charge in [0.1, 0.15) is 5.75 Å². The van der Waals surface area contributed by atoms with Crippen LogP contribution in [0, 0.1) is 0 Å². The third-order valence-electron chi connectivity index (χ3n) is 3.96. The Bertz CT molecular complexity index is 371. The highest BCUT2D eigenvalue weighted by atomic mass is 16.5. The lowest BCUT2D eigenvalue weighted by Crippen LogP contribution is -2.28. The summed E-state index contributed by atoms with van der Waals surface area (Å²) in [6.45, 7) is 3.97. The molecule has 0 aromatic heterocycles. The first-order valence-corrected chi connectivity index (χ1v) is 7.82. The molecule has 1 aliphatic rings. The second kappa shape index (κ2) is 8.28. The number of methoxy groups -OCH3 is 1. The summed E-state index contributed by atoms with van der Waals surface area (Å²) in [6.07, 6.45) is 6.70. The normalized spacial score (nSPS) is 17.3. The molecule has 1 fully saturated rings. The van der Waals surface area contributed by atoms with Crippen LogP contribution in [0.1, 0.15) is 50.6 Å². The molecule has 1 saturated carbocycles. The molecule has 1 unspecified atom stereocenters. The third-order valence-corrected chi connectivity index (χ3v) is 3.96. The van der Waals surface area contributed by atoms with Crippen LogP contribution in [-0.4, -0.2) is 26.4 Å². The van der Waals surface area contributed by atoms with Crippen molar-refractivity contribution in [3.05, 3.63) is 29.8 Å². The van der Waals surface area contributed by atoms with Crippen LogP contribution in [0.3, 0.4) is 0 Å². The largest absolute Gasteiger partial charge is 0.497 e. The van der Waals surface area contributed by atoms with Gasteiger partial charge in [-0.25, -0.2) is 0 Å². The van der Waals surface area contributed by atoms with Gasteiger partial charge in [0.05, 0.1) is 25.9 Å². The van der Waals surface area contributed by atoms with Crippen LogP contribution < -0.4 is 10.1 Å². The van der Waals surface area contributed by atoms with Crippen molar-refractivity contribution in [3.8, 4) is 5.75 Å². The van der Waals surface area contributed by atoms with Crippen molar-refractivity contribution < 1.29 is 9.47 Å². The molecule has 0 heterocycles. The van der Waals surface area contributed by atoms with Crippen molar-refractivity contribution in [3.63, 3.8) is 0 Å². The van der Waals surface area contributed by atoms with Gasteiger partial charge in [0, 0.05) is 0 Å². The predicted octanol–water partition coefficient (Wildman–Crippen LogP) is 3.70. The van der Waals surface area contributed by atoms with E-state index >= 15 is 0 Å². The second-order valence-corrected chi connectivity index (χ2v) is 5.52. The fourth-order valence-electron chi connectivity index (χ4n) is 2.72. The average molecular weight is 277 g/mol. The van der Waals surface area contributed by atoms with Crippen LogP contribution in [0.15, 0.2) is 24.3 Å². The van der Waals surface area contributed by atoms with E-state index in [0.29, 0.717) is 6.10 Å². The van der Waals surface area contributed by atoms with Gasteiger partial charge in [-0.1, -0.05) is 31.9 Å². The van der Waals surface area contributed by atoms with E-state index in [9.17, 15) is 0 Å². The lowest BCUT2D eigenvalue weighted by Gasteiger charge is -2.21. The van der Waals surface area contributed by atoms with E-state index in [-0.39, 0.29) is 6.04 Å². The topological polar surface area (TPSA) is 30.5 Å². The minimum Gasteiger partial charge on any atom is -0.497 e. The van der Waals surface area contributed by atoms with Crippen molar-refractivity contribution >= 4 is 0 Å². The van der Waals surface area contributed by atoms with E-state index < -0.39 is 0 Å². The van der Waals surface area contributed by atoms with Crippen LogP contribution >= 0.6 is 0 Å². The van der Waals surface area contributed by atoms with Crippen LogP contribution in [0.4, 0.5) is 0 Å². The van der Waals surface area contributed by atoms with E-state index in [1.807, 2.05) is 12.1 Å². The molecule has 0 amide bonds. The smallest absolute Gasteiger partial charge is 0.118 e. The summed E-state index contributed by atoms with van der Waals surface area (Å²) in [4.78, 5) is 0. The van der Waals surface area contributed by atoms with Gasteiger partial charge in [-0.3, -0.25) is 0 Å². The van der Waals surface area contributed by atoms with E-state index in [0.717, 1.165) is 25.3 Å². The van der Waals surface area contributed by atoms with E-state index in [2.05, 4.69) is 24.4 Å². The van der Waals surface area contributed by atoms with Gasteiger partial charge in [-0.05, 0) is 43.5 Å². The Balaban J connectivity index is 1.93. The summed E-state index contributed by atoms with van der Waals surface area (Å²) in [5, 5.41) is 3.58. The Morgan fingerprint density at radius 2 is 1.90 bits per heavy atom.